The van der Waals surface area contributed by atoms with Gasteiger partial charge in [-0.3, -0.25) is 14.2 Å². The van der Waals surface area contributed by atoms with Crippen LogP contribution in [0.2, 0.25) is 0 Å². The van der Waals surface area contributed by atoms with Crippen LogP contribution in [0.5, 0.6) is 11.5 Å². The Morgan fingerprint density at radius 2 is 2.08 bits per heavy atom. The van der Waals surface area contributed by atoms with E-state index in [2.05, 4.69) is 10.3 Å². The van der Waals surface area contributed by atoms with Gasteiger partial charge in [0, 0.05) is 6.54 Å². The Morgan fingerprint density at radius 1 is 1.23 bits per heavy atom. The fraction of sp³-hybridized carbons (Fsp3) is 0.211. The standard InChI is InChI=1S/C19H17N3O4/c1-12-3-2-4-14-18(12)21-10-22(19(14)24)9-17(23)20-8-13-5-6-15-16(7-13)26-11-25-15/h2-7,10H,8-9,11H2,1H3,(H,20,23). The number of rotatable bonds is 4. The summed E-state index contributed by atoms with van der Waals surface area (Å²) in [6.45, 7) is 2.37. The van der Waals surface area contributed by atoms with Crippen molar-refractivity contribution in [3.05, 3.63) is 64.2 Å². The summed E-state index contributed by atoms with van der Waals surface area (Å²) < 4.78 is 11.9. The first kappa shape index (κ1) is 16.1. The van der Waals surface area contributed by atoms with Crippen LogP contribution in [0.15, 0.2) is 47.5 Å². The SMILES string of the molecule is Cc1cccc2c(=O)n(CC(=O)NCc3ccc4c(c3)OCO4)cnc12. The van der Waals surface area contributed by atoms with Crippen LogP contribution >= 0.6 is 0 Å². The lowest BCUT2D eigenvalue weighted by atomic mass is 10.1. The van der Waals surface area contributed by atoms with Crippen LogP contribution < -0.4 is 20.3 Å². The van der Waals surface area contributed by atoms with Gasteiger partial charge in [-0.15, -0.1) is 0 Å². The third-order valence-electron chi connectivity index (χ3n) is 4.30. The number of nitrogens with one attached hydrogen (secondary N) is 1. The van der Waals surface area contributed by atoms with Crippen LogP contribution in [0, 0.1) is 6.92 Å². The highest BCUT2D eigenvalue weighted by Crippen LogP contribution is 2.32. The number of aromatic nitrogens is 2. The van der Waals surface area contributed by atoms with Gasteiger partial charge in [-0.05, 0) is 36.2 Å². The number of benzene rings is 2. The lowest BCUT2D eigenvalue weighted by molar-refractivity contribution is -0.121. The average molecular weight is 351 g/mol. The molecule has 0 aliphatic carbocycles. The van der Waals surface area contributed by atoms with Crippen molar-refractivity contribution in [2.75, 3.05) is 6.79 Å². The summed E-state index contributed by atoms with van der Waals surface area (Å²) in [4.78, 5) is 29.1. The third kappa shape index (κ3) is 2.99. The van der Waals surface area contributed by atoms with Gasteiger partial charge in [0.2, 0.25) is 12.7 Å². The minimum atomic E-state index is -0.265. The smallest absolute Gasteiger partial charge is 0.261 e. The predicted octanol–water partition coefficient (Wildman–Crippen LogP) is 1.75. The predicted molar refractivity (Wildman–Crippen MR) is 95.2 cm³/mol. The van der Waals surface area contributed by atoms with Crippen LogP contribution in [0.4, 0.5) is 0 Å². The number of carbonyl (C=O) groups excluding carboxylic acids is 1. The molecule has 1 amide bonds. The summed E-state index contributed by atoms with van der Waals surface area (Å²) in [6, 6.07) is 10.9. The van der Waals surface area contributed by atoms with Crippen molar-refractivity contribution in [3.8, 4) is 11.5 Å². The van der Waals surface area contributed by atoms with E-state index in [1.807, 2.05) is 37.3 Å². The lowest BCUT2D eigenvalue weighted by Gasteiger charge is -2.09. The zero-order valence-electron chi connectivity index (χ0n) is 14.2. The molecule has 3 aromatic rings. The number of fused-ring (bicyclic) bond motifs is 2. The van der Waals surface area contributed by atoms with E-state index in [4.69, 9.17) is 9.47 Å². The Morgan fingerprint density at radius 3 is 2.96 bits per heavy atom. The highest BCUT2D eigenvalue weighted by Gasteiger charge is 2.14. The van der Waals surface area contributed by atoms with Crippen molar-refractivity contribution < 1.29 is 14.3 Å². The molecule has 2 heterocycles. The summed E-state index contributed by atoms with van der Waals surface area (Å²) >= 11 is 0. The highest BCUT2D eigenvalue weighted by molar-refractivity contribution is 5.81. The molecule has 0 atom stereocenters. The molecule has 1 aromatic heterocycles. The molecule has 1 N–H and O–H groups in total. The molecular formula is C19H17N3O4. The molecule has 1 aliphatic rings. The molecule has 26 heavy (non-hydrogen) atoms. The summed E-state index contributed by atoms with van der Waals surface area (Å²) in [7, 11) is 0. The zero-order chi connectivity index (χ0) is 18.1. The first-order chi connectivity index (χ1) is 12.6. The summed E-state index contributed by atoms with van der Waals surface area (Å²) in [5.74, 6) is 1.10. The van der Waals surface area contributed by atoms with Gasteiger partial charge in [-0.25, -0.2) is 4.98 Å². The van der Waals surface area contributed by atoms with Gasteiger partial charge in [0.15, 0.2) is 11.5 Å². The van der Waals surface area contributed by atoms with Crippen molar-refractivity contribution >= 4 is 16.8 Å². The van der Waals surface area contributed by atoms with Crippen LogP contribution in [0.1, 0.15) is 11.1 Å². The van der Waals surface area contributed by atoms with E-state index in [0.717, 1.165) is 11.1 Å². The van der Waals surface area contributed by atoms with E-state index < -0.39 is 0 Å². The quantitative estimate of drug-likeness (QED) is 0.774. The molecule has 7 heteroatoms. The fourth-order valence-electron chi connectivity index (χ4n) is 2.91. The topological polar surface area (TPSA) is 82.5 Å². The maximum Gasteiger partial charge on any atom is 0.261 e. The monoisotopic (exact) mass is 351 g/mol. The van der Waals surface area contributed by atoms with Crippen molar-refractivity contribution in [3.63, 3.8) is 0 Å². The van der Waals surface area contributed by atoms with E-state index in [1.54, 1.807) is 6.07 Å². The van der Waals surface area contributed by atoms with Crippen LogP contribution in [0.25, 0.3) is 10.9 Å². The van der Waals surface area contributed by atoms with Crippen LogP contribution in [0.3, 0.4) is 0 Å². The lowest BCUT2D eigenvalue weighted by Crippen LogP contribution is -2.32. The molecule has 7 nitrogen and oxygen atoms in total. The Labute approximate surface area is 149 Å². The number of carbonyl (C=O) groups is 1. The largest absolute Gasteiger partial charge is 0.454 e. The van der Waals surface area contributed by atoms with E-state index in [0.29, 0.717) is 28.9 Å². The number of hydrogen-bond donors (Lipinski definition) is 1. The first-order valence-electron chi connectivity index (χ1n) is 8.22. The van der Waals surface area contributed by atoms with Gasteiger partial charge >= 0.3 is 0 Å². The number of hydrogen-bond acceptors (Lipinski definition) is 5. The molecule has 132 valence electrons. The Balaban J connectivity index is 1.46. The summed E-state index contributed by atoms with van der Waals surface area (Å²) in [6.07, 6.45) is 1.41. The van der Waals surface area contributed by atoms with Crippen molar-refractivity contribution in [2.45, 2.75) is 20.0 Å². The van der Waals surface area contributed by atoms with Crippen molar-refractivity contribution in [2.24, 2.45) is 0 Å². The van der Waals surface area contributed by atoms with E-state index in [9.17, 15) is 9.59 Å². The molecule has 0 saturated carbocycles. The first-order valence-corrected chi connectivity index (χ1v) is 8.22. The molecule has 0 fully saturated rings. The second-order valence-electron chi connectivity index (χ2n) is 6.11. The molecule has 1 aliphatic heterocycles. The van der Waals surface area contributed by atoms with Gasteiger partial charge in [0.05, 0.1) is 17.2 Å². The Bertz CT molecular complexity index is 1060. The van der Waals surface area contributed by atoms with Crippen molar-refractivity contribution in [1.29, 1.82) is 0 Å². The molecule has 2 aromatic carbocycles. The third-order valence-corrected chi connectivity index (χ3v) is 4.30. The molecule has 0 saturated heterocycles. The van der Waals surface area contributed by atoms with Crippen LogP contribution in [-0.4, -0.2) is 22.3 Å². The van der Waals surface area contributed by atoms with Gasteiger partial charge < -0.3 is 14.8 Å². The van der Waals surface area contributed by atoms with Gasteiger partial charge in [-0.1, -0.05) is 18.2 Å². The minimum absolute atomic E-state index is 0.0831. The van der Waals surface area contributed by atoms with Crippen molar-refractivity contribution in [1.82, 2.24) is 14.9 Å². The molecule has 4 rings (SSSR count). The number of ether oxygens (including phenoxy) is 2. The second kappa shape index (κ2) is 6.51. The zero-order valence-corrected chi connectivity index (χ0v) is 14.2. The van der Waals surface area contributed by atoms with Crippen LogP contribution in [-0.2, 0) is 17.9 Å². The maximum atomic E-state index is 12.5. The van der Waals surface area contributed by atoms with E-state index in [1.165, 1.54) is 10.9 Å². The average Bonchev–Trinajstić information content (AvgIpc) is 3.11. The maximum absolute atomic E-state index is 12.5. The Hall–Kier alpha value is -3.35. The number of para-hydroxylation sites is 1. The van der Waals surface area contributed by atoms with Gasteiger partial charge in [-0.2, -0.15) is 0 Å². The molecular weight excluding hydrogens is 334 g/mol. The summed E-state index contributed by atoms with van der Waals surface area (Å²) in [5, 5.41) is 3.31. The summed E-state index contributed by atoms with van der Waals surface area (Å²) in [5.41, 5.74) is 2.26. The molecule has 0 radical (unpaired) electrons. The number of nitrogens with zero attached hydrogens (tertiary/aromatic N) is 2. The minimum Gasteiger partial charge on any atom is -0.454 e. The van der Waals surface area contributed by atoms with Gasteiger partial charge in [0.25, 0.3) is 5.56 Å². The van der Waals surface area contributed by atoms with Gasteiger partial charge in [0.1, 0.15) is 6.54 Å². The van der Waals surface area contributed by atoms with E-state index in [-0.39, 0.29) is 24.8 Å². The van der Waals surface area contributed by atoms with E-state index >= 15 is 0 Å². The molecule has 0 spiro atoms. The fourth-order valence-corrected chi connectivity index (χ4v) is 2.91. The number of aryl methyl sites for hydroxylation is 1. The second-order valence-corrected chi connectivity index (χ2v) is 6.11. The highest BCUT2D eigenvalue weighted by atomic mass is 16.7. The normalized spacial score (nSPS) is 12.3. The molecule has 0 unspecified atom stereocenters. The number of amides is 1. The molecule has 0 bridgehead atoms. The Kier molecular flexibility index (Phi) is 4.04.